The zero-order chi connectivity index (χ0) is 23.1. The molecule has 3 aromatic rings. The van der Waals surface area contributed by atoms with Gasteiger partial charge in [-0.1, -0.05) is 66.2 Å². The molecular formula is C25H22N4O2S. The van der Waals surface area contributed by atoms with Gasteiger partial charge in [-0.25, -0.2) is 0 Å². The summed E-state index contributed by atoms with van der Waals surface area (Å²) in [4.78, 5) is 22.1. The maximum Gasteiger partial charge on any atom is 0.233 e. The fourth-order valence-electron chi connectivity index (χ4n) is 3.22. The predicted octanol–water partition coefficient (Wildman–Crippen LogP) is 3.87. The Morgan fingerprint density at radius 3 is 2.72 bits per heavy atom. The lowest BCUT2D eigenvalue weighted by Gasteiger charge is -2.20. The molecule has 160 valence electrons. The first-order valence-corrected chi connectivity index (χ1v) is 10.2. The number of nitrogens with one attached hydrogen (secondary N) is 1. The number of nitrogens with two attached hydrogens (primary N) is 1. The van der Waals surface area contributed by atoms with Crippen LogP contribution in [0.1, 0.15) is 28.3 Å². The van der Waals surface area contributed by atoms with Gasteiger partial charge in [-0.2, -0.15) is 4.98 Å². The van der Waals surface area contributed by atoms with Crippen molar-refractivity contribution >= 4 is 34.8 Å². The number of aryl methyl sites for hydroxylation is 1. The molecule has 0 radical (unpaired) electrons. The summed E-state index contributed by atoms with van der Waals surface area (Å²) in [6.45, 7) is 1.95. The van der Waals surface area contributed by atoms with Gasteiger partial charge in [-0.05, 0) is 18.6 Å². The second-order valence-corrected chi connectivity index (χ2v) is 7.17. The summed E-state index contributed by atoms with van der Waals surface area (Å²) in [5.74, 6) is 2.92. The minimum Gasteiger partial charge on any atom is -0.480 e. The van der Waals surface area contributed by atoms with E-state index in [9.17, 15) is 4.79 Å². The third-order valence-corrected chi connectivity index (χ3v) is 5.03. The Morgan fingerprint density at radius 1 is 1.25 bits per heavy atom. The lowest BCUT2D eigenvalue weighted by molar-refractivity contribution is -0.116. The molecule has 3 N–H and O–H groups in total. The van der Waals surface area contributed by atoms with Gasteiger partial charge in [0.1, 0.15) is 11.9 Å². The van der Waals surface area contributed by atoms with E-state index in [2.05, 4.69) is 21.2 Å². The number of allylic oxidation sites excluding steroid dienone is 1. The molecule has 1 aromatic heterocycles. The number of ketones is 1. The van der Waals surface area contributed by atoms with Crippen LogP contribution in [0, 0.1) is 19.3 Å². The number of anilines is 1. The van der Waals surface area contributed by atoms with Crippen molar-refractivity contribution in [3.8, 4) is 18.2 Å². The Kier molecular flexibility index (Phi) is 7.32. The minimum absolute atomic E-state index is 0.00226. The number of methoxy groups -OCH3 is 1. The van der Waals surface area contributed by atoms with E-state index in [1.807, 2.05) is 43.3 Å². The fraction of sp³-hybridized carbons (Fsp3) is 0.120. The Morgan fingerprint density at radius 2 is 2.03 bits per heavy atom. The second kappa shape index (κ2) is 10.3. The molecule has 0 aliphatic heterocycles. The Hall–Kier alpha value is -4.02. The maximum atomic E-state index is 13.6. The van der Waals surface area contributed by atoms with Crippen molar-refractivity contribution in [2.45, 2.75) is 13.0 Å². The fourth-order valence-corrected chi connectivity index (χ4v) is 3.47. The number of hydrogen-bond donors (Lipinski definition) is 2. The molecule has 1 heterocycles. The SMILES string of the molecule is C#Cc1ccccc1C(C=S)=C(N)C(=O)C(Nc1cncc(OC)n1)c1cccc(C)c1. The van der Waals surface area contributed by atoms with Crippen molar-refractivity contribution in [2.75, 3.05) is 12.4 Å². The molecule has 2 aromatic carbocycles. The molecule has 0 aliphatic rings. The van der Waals surface area contributed by atoms with Crippen LogP contribution < -0.4 is 15.8 Å². The standard InChI is InChI=1S/C25H22N4O2S/c1-4-17-9-5-6-11-19(17)20(15-32)23(26)25(30)24(18-10-7-8-16(2)12-18)29-21-13-27-14-22(28-21)31-3/h1,5-15,24H,26H2,2-3H3,(H,28,29). The smallest absolute Gasteiger partial charge is 0.233 e. The number of terminal acetylenes is 1. The van der Waals surface area contributed by atoms with Gasteiger partial charge in [0.2, 0.25) is 11.7 Å². The van der Waals surface area contributed by atoms with Crippen molar-refractivity contribution < 1.29 is 9.53 Å². The monoisotopic (exact) mass is 442 g/mol. The van der Waals surface area contributed by atoms with E-state index in [1.165, 1.54) is 24.9 Å². The first-order chi connectivity index (χ1) is 15.5. The van der Waals surface area contributed by atoms with E-state index in [1.54, 1.807) is 12.1 Å². The highest BCUT2D eigenvalue weighted by molar-refractivity contribution is 7.79. The maximum absolute atomic E-state index is 13.6. The summed E-state index contributed by atoms with van der Waals surface area (Å²) in [7, 11) is 1.49. The average Bonchev–Trinajstić information content (AvgIpc) is 2.83. The number of thiocarbonyl (C=S) groups is 1. The molecule has 0 bridgehead atoms. The Bertz CT molecular complexity index is 1230. The summed E-state index contributed by atoms with van der Waals surface area (Å²) in [6.07, 6.45) is 8.61. The van der Waals surface area contributed by atoms with Crippen LogP contribution in [0.15, 0.2) is 66.6 Å². The highest BCUT2D eigenvalue weighted by atomic mass is 32.1. The lowest BCUT2D eigenvalue weighted by Crippen LogP contribution is -2.27. The molecule has 3 rings (SSSR count). The van der Waals surface area contributed by atoms with Crippen molar-refractivity contribution in [1.29, 1.82) is 0 Å². The van der Waals surface area contributed by atoms with Crippen LogP contribution in [0.2, 0.25) is 0 Å². The Balaban J connectivity index is 2.10. The highest BCUT2D eigenvalue weighted by Gasteiger charge is 2.26. The summed E-state index contributed by atoms with van der Waals surface area (Å²) in [5, 5.41) is 4.51. The van der Waals surface area contributed by atoms with Gasteiger partial charge in [-0.15, -0.1) is 6.42 Å². The largest absolute Gasteiger partial charge is 0.480 e. The van der Waals surface area contributed by atoms with Crippen LogP contribution in [0.25, 0.3) is 5.57 Å². The molecule has 0 fully saturated rings. The average molecular weight is 443 g/mol. The van der Waals surface area contributed by atoms with Crippen LogP contribution in [-0.2, 0) is 4.79 Å². The molecule has 1 atom stereocenters. The van der Waals surface area contributed by atoms with Gasteiger partial charge >= 0.3 is 0 Å². The summed E-state index contributed by atoms with van der Waals surface area (Å²) < 4.78 is 5.14. The van der Waals surface area contributed by atoms with Crippen molar-refractivity contribution in [2.24, 2.45) is 5.73 Å². The Labute approximate surface area is 192 Å². The van der Waals surface area contributed by atoms with Crippen molar-refractivity contribution in [3.05, 3.63) is 88.9 Å². The first kappa shape index (κ1) is 22.7. The highest BCUT2D eigenvalue weighted by Crippen LogP contribution is 2.27. The molecule has 0 spiro atoms. The molecule has 0 saturated carbocycles. The zero-order valence-corrected chi connectivity index (χ0v) is 18.5. The van der Waals surface area contributed by atoms with Crippen molar-refractivity contribution in [1.82, 2.24) is 9.97 Å². The van der Waals surface area contributed by atoms with Crippen LogP contribution in [0.3, 0.4) is 0 Å². The third-order valence-electron chi connectivity index (χ3n) is 4.80. The van der Waals surface area contributed by atoms with Gasteiger partial charge < -0.3 is 15.8 Å². The third kappa shape index (κ3) is 4.99. The van der Waals surface area contributed by atoms with Gasteiger partial charge in [0, 0.05) is 22.1 Å². The number of ether oxygens (including phenoxy) is 1. The van der Waals surface area contributed by atoms with Crippen LogP contribution in [0.5, 0.6) is 5.88 Å². The van der Waals surface area contributed by atoms with Gasteiger partial charge in [0.25, 0.3) is 0 Å². The molecular weight excluding hydrogens is 420 g/mol. The van der Waals surface area contributed by atoms with Gasteiger partial charge in [0.15, 0.2) is 0 Å². The van der Waals surface area contributed by atoms with Gasteiger partial charge in [0.05, 0.1) is 25.2 Å². The number of carbonyl (C=O) groups is 1. The van der Waals surface area contributed by atoms with E-state index >= 15 is 0 Å². The molecule has 1 unspecified atom stereocenters. The lowest BCUT2D eigenvalue weighted by atomic mass is 9.93. The molecule has 32 heavy (non-hydrogen) atoms. The molecule has 6 nitrogen and oxygen atoms in total. The molecule has 7 heteroatoms. The number of nitrogens with zero attached hydrogens (tertiary/aromatic N) is 2. The summed E-state index contributed by atoms with van der Waals surface area (Å²) >= 11 is 5.20. The number of hydrogen-bond acceptors (Lipinski definition) is 7. The molecule has 0 saturated heterocycles. The van der Waals surface area contributed by atoms with Crippen LogP contribution >= 0.6 is 12.2 Å². The summed E-state index contributed by atoms with van der Waals surface area (Å²) in [6, 6.07) is 13.9. The normalized spacial score (nSPS) is 12.2. The topological polar surface area (TPSA) is 90.1 Å². The second-order valence-electron chi connectivity index (χ2n) is 6.94. The van der Waals surface area contributed by atoms with E-state index in [4.69, 9.17) is 29.1 Å². The quantitative estimate of drug-likeness (QED) is 0.311. The van der Waals surface area contributed by atoms with Crippen molar-refractivity contribution in [3.63, 3.8) is 0 Å². The predicted molar refractivity (Wildman–Crippen MR) is 130 cm³/mol. The van der Waals surface area contributed by atoms with Crippen LogP contribution in [-0.4, -0.2) is 28.2 Å². The van der Waals surface area contributed by atoms with E-state index in [0.29, 0.717) is 28.4 Å². The summed E-state index contributed by atoms with van der Waals surface area (Å²) in [5.41, 5.74) is 9.71. The van der Waals surface area contributed by atoms with Gasteiger partial charge in [-0.3, -0.25) is 9.78 Å². The minimum atomic E-state index is -0.834. The number of aromatic nitrogens is 2. The molecule has 0 aliphatic carbocycles. The number of rotatable bonds is 8. The zero-order valence-electron chi connectivity index (χ0n) is 17.7. The van der Waals surface area contributed by atoms with E-state index < -0.39 is 6.04 Å². The number of Topliss-reactive ketones (excluding diaryl/α,β-unsaturated/α-hetero) is 1. The van der Waals surface area contributed by atoms with E-state index in [0.717, 1.165) is 11.1 Å². The molecule has 0 amide bonds. The van der Waals surface area contributed by atoms with E-state index in [-0.39, 0.29) is 11.5 Å². The number of benzene rings is 2. The number of carbonyl (C=O) groups excluding carboxylic acids is 1. The first-order valence-electron chi connectivity index (χ1n) is 9.72. The van der Waals surface area contributed by atoms with Crippen LogP contribution in [0.4, 0.5) is 5.82 Å².